The van der Waals surface area contributed by atoms with Gasteiger partial charge in [0.15, 0.2) is 0 Å². The summed E-state index contributed by atoms with van der Waals surface area (Å²) >= 11 is 0. The molecule has 172 valence electrons. The van der Waals surface area contributed by atoms with Gasteiger partial charge in [-0.2, -0.15) is 0 Å². The number of benzene rings is 2. The SMILES string of the molecule is O=CN(c1cc(-c2ccc(NS(=O)(=O)C3CC3)c(-c3ccccc3)c2)c2cc[nH]c2n1)C1CC1. The second kappa shape index (κ2) is 7.99. The van der Waals surface area contributed by atoms with Crippen LogP contribution in [0.25, 0.3) is 33.3 Å². The Morgan fingerprint density at radius 2 is 1.74 bits per heavy atom. The Hall–Kier alpha value is -3.65. The van der Waals surface area contributed by atoms with Gasteiger partial charge in [0.2, 0.25) is 16.4 Å². The topological polar surface area (TPSA) is 95.2 Å². The molecule has 2 saturated carbocycles. The van der Waals surface area contributed by atoms with Crippen LogP contribution in [0.1, 0.15) is 25.7 Å². The first kappa shape index (κ1) is 20.9. The number of anilines is 2. The lowest BCUT2D eigenvalue weighted by atomic mass is 9.96. The molecule has 0 spiro atoms. The van der Waals surface area contributed by atoms with Gasteiger partial charge in [0, 0.05) is 23.2 Å². The number of hydrogen-bond acceptors (Lipinski definition) is 4. The van der Waals surface area contributed by atoms with Crippen LogP contribution in [0.2, 0.25) is 0 Å². The average molecular weight is 473 g/mol. The van der Waals surface area contributed by atoms with Crippen LogP contribution in [0.5, 0.6) is 0 Å². The van der Waals surface area contributed by atoms with Crippen molar-refractivity contribution in [2.75, 3.05) is 9.62 Å². The first-order valence-corrected chi connectivity index (χ1v) is 13.0. The van der Waals surface area contributed by atoms with Crippen molar-refractivity contribution in [3.05, 3.63) is 66.9 Å². The largest absolute Gasteiger partial charge is 0.346 e. The van der Waals surface area contributed by atoms with E-state index in [0.717, 1.165) is 46.9 Å². The molecule has 2 aromatic heterocycles. The highest BCUT2D eigenvalue weighted by molar-refractivity contribution is 7.93. The van der Waals surface area contributed by atoms with E-state index >= 15 is 0 Å². The molecule has 1 amide bonds. The summed E-state index contributed by atoms with van der Waals surface area (Å²) in [5.41, 5.74) is 4.85. The number of sulfonamides is 1. The van der Waals surface area contributed by atoms with Crippen LogP contribution in [0.4, 0.5) is 11.5 Å². The molecule has 0 aliphatic heterocycles. The van der Waals surface area contributed by atoms with Crippen molar-refractivity contribution in [1.82, 2.24) is 9.97 Å². The molecule has 2 aromatic carbocycles. The highest BCUT2D eigenvalue weighted by Crippen LogP contribution is 2.39. The minimum absolute atomic E-state index is 0.198. The van der Waals surface area contributed by atoms with Crippen molar-refractivity contribution in [3.8, 4) is 22.3 Å². The lowest BCUT2D eigenvalue weighted by molar-refractivity contribution is -0.107. The molecule has 7 nitrogen and oxygen atoms in total. The number of amides is 1. The molecule has 0 bridgehead atoms. The van der Waals surface area contributed by atoms with Gasteiger partial charge in [0.05, 0.1) is 10.9 Å². The molecule has 2 aliphatic rings. The van der Waals surface area contributed by atoms with E-state index in [1.807, 2.05) is 66.9 Å². The number of H-pyrrole nitrogens is 1. The molecule has 0 saturated heterocycles. The lowest BCUT2D eigenvalue weighted by Crippen LogP contribution is -2.24. The number of hydrogen-bond donors (Lipinski definition) is 2. The molecule has 4 aromatic rings. The molecule has 6 rings (SSSR count). The number of carbonyl (C=O) groups excluding carboxylic acids is 1. The molecular formula is C26H24N4O3S. The number of nitrogens with zero attached hydrogens (tertiary/aromatic N) is 2. The average Bonchev–Trinajstić information content (AvgIpc) is 3.78. The molecule has 8 heteroatoms. The third-order valence-electron chi connectivity index (χ3n) is 6.46. The molecule has 2 fully saturated rings. The summed E-state index contributed by atoms with van der Waals surface area (Å²) in [6.07, 6.45) is 6.05. The zero-order chi connectivity index (χ0) is 23.3. The van der Waals surface area contributed by atoms with E-state index in [1.54, 1.807) is 4.90 Å². The number of aromatic amines is 1. The van der Waals surface area contributed by atoms with E-state index in [1.165, 1.54) is 0 Å². The number of rotatable bonds is 8. The maximum Gasteiger partial charge on any atom is 0.235 e. The third kappa shape index (κ3) is 3.84. The second-order valence-electron chi connectivity index (χ2n) is 8.98. The van der Waals surface area contributed by atoms with Gasteiger partial charge in [-0.1, -0.05) is 36.4 Å². The monoisotopic (exact) mass is 472 g/mol. The van der Waals surface area contributed by atoms with Crippen LogP contribution in [-0.2, 0) is 14.8 Å². The van der Waals surface area contributed by atoms with Gasteiger partial charge >= 0.3 is 0 Å². The van der Waals surface area contributed by atoms with Crippen molar-refractivity contribution >= 4 is 39.0 Å². The summed E-state index contributed by atoms with van der Waals surface area (Å²) in [5, 5.41) is 0.630. The quantitative estimate of drug-likeness (QED) is 0.356. The minimum Gasteiger partial charge on any atom is -0.346 e. The Bertz CT molecular complexity index is 1490. The Morgan fingerprint density at radius 3 is 2.44 bits per heavy atom. The van der Waals surface area contributed by atoms with Crippen molar-refractivity contribution < 1.29 is 13.2 Å². The number of pyridine rings is 1. The van der Waals surface area contributed by atoms with Crippen LogP contribution in [0, 0.1) is 0 Å². The van der Waals surface area contributed by atoms with Gasteiger partial charge in [-0.15, -0.1) is 0 Å². The number of aromatic nitrogens is 2. The van der Waals surface area contributed by atoms with E-state index in [9.17, 15) is 13.2 Å². The normalized spacial score (nSPS) is 15.9. The Labute approximate surface area is 197 Å². The number of nitrogens with one attached hydrogen (secondary N) is 2. The van der Waals surface area contributed by atoms with Gasteiger partial charge in [0.25, 0.3) is 0 Å². The van der Waals surface area contributed by atoms with E-state index in [-0.39, 0.29) is 11.3 Å². The first-order valence-electron chi connectivity index (χ1n) is 11.5. The Morgan fingerprint density at radius 1 is 0.941 bits per heavy atom. The molecule has 2 aliphatic carbocycles. The second-order valence-corrected chi connectivity index (χ2v) is 10.9. The van der Waals surface area contributed by atoms with Crippen molar-refractivity contribution in [2.45, 2.75) is 37.0 Å². The zero-order valence-electron chi connectivity index (χ0n) is 18.4. The summed E-state index contributed by atoms with van der Waals surface area (Å²) in [5.74, 6) is 0.613. The minimum atomic E-state index is -3.41. The van der Waals surface area contributed by atoms with Crippen LogP contribution in [-0.4, -0.2) is 36.1 Å². The number of fused-ring (bicyclic) bond motifs is 1. The summed E-state index contributed by atoms with van der Waals surface area (Å²) in [7, 11) is -3.41. The lowest BCUT2D eigenvalue weighted by Gasteiger charge is -2.18. The van der Waals surface area contributed by atoms with Crippen molar-refractivity contribution in [2.24, 2.45) is 0 Å². The van der Waals surface area contributed by atoms with Crippen molar-refractivity contribution in [1.29, 1.82) is 0 Å². The highest BCUT2D eigenvalue weighted by atomic mass is 32.2. The van der Waals surface area contributed by atoms with E-state index < -0.39 is 10.0 Å². The van der Waals surface area contributed by atoms with Gasteiger partial charge in [0.1, 0.15) is 11.5 Å². The molecular weight excluding hydrogens is 448 g/mol. The van der Waals surface area contributed by atoms with Crippen LogP contribution in [0.15, 0.2) is 66.9 Å². The van der Waals surface area contributed by atoms with Gasteiger partial charge in [-0.05, 0) is 66.6 Å². The van der Waals surface area contributed by atoms with E-state index in [2.05, 4.69) is 14.7 Å². The molecule has 2 heterocycles. The Kier molecular flexibility index (Phi) is 4.91. The third-order valence-corrected chi connectivity index (χ3v) is 8.32. The number of carbonyl (C=O) groups is 1. The molecule has 34 heavy (non-hydrogen) atoms. The maximum absolute atomic E-state index is 12.7. The van der Waals surface area contributed by atoms with E-state index in [0.29, 0.717) is 30.0 Å². The van der Waals surface area contributed by atoms with Gasteiger partial charge < -0.3 is 4.98 Å². The molecule has 0 unspecified atom stereocenters. The first-order chi connectivity index (χ1) is 16.5. The smallest absolute Gasteiger partial charge is 0.235 e. The summed E-state index contributed by atoms with van der Waals surface area (Å²) < 4.78 is 28.2. The fourth-order valence-electron chi connectivity index (χ4n) is 4.35. The zero-order valence-corrected chi connectivity index (χ0v) is 19.3. The van der Waals surface area contributed by atoms with Crippen LogP contribution >= 0.6 is 0 Å². The Balaban J connectivity index is 1.50. The molecule has 0 radical (unpaired) electrons. The van der Waals surface area contributed by atoms with Crippen LogP contribution in [0.3, 0.4) is 0 Å². The van der Waals surface area contributed by atoms with Gasteiger partial charge in [-0.25, -0.2) is 13.4 Å². The summed E-state index contributed by atoms with van der Waals surface area (Å²) in [6, 6.07) is 19.6. The van der Waals surface area contributed by atoms with E-state index in [4.69, 9.17) is 0 Å². The fraction of sp³-hybridized carbons (Fsp3) is 0.231. The summed E-state index contributed by atoms with van der Waals surface area (Å²) in [6.45, 7) is 0. The standard InChI is InChI=1S/C26H24N4O3S/c31-16-30(19-7-8-19)25-15-22(21-12-13-27-26(21)28-25)18-6-11-24(29-34(32,33)20-9-10-20)23(14-18)17-4-2-1-3-5-17/h1-6,11-16,19-20,29H,7-10H2,(H,27,28). The molecule has 0 atom stereocenters. The summed E-state index contributed by atoms with van der Waals surface area (Å²) in [4.78, 5) is 21.3. The van der Waals surface area contributed by atoms with Crippen LogP contribution < -0.4 is 9.62 Å². The predicted molar refractivity (Wildman–Crippen MR) is 134 cm³/mol. The highest BCUT2D eigenvalue weighted by Gasteiger charge is 2.36. The molecule has 2 N–H and O–H groups in total. The van der Waals surface area contributed by atoms with Gasteiger partial charge in [-0.3, -0.25) is 14.4 Å². The predicted octanol–water partition coefficient (Wildman–Crippen LogP) is 4.93. The maximum atomic E-state index is 12.7. The fourth-order valence-corrected chi connectivity index (χ4v) is 5.76. The van der Waals surface area contributed by atoms with Crippen molar-refractivity contribution in [3.63, 3.8) is 0 Å².